The monoisotopic (exact) mass is 248 g/mol. The van der Waals surface area contributed by atoms with E-state index < -0.39 is 0 Å². The number of rotatable bonds is 4. The minimum absolute atomic E-state index is 0.0711. The molecule has 0 heterocycles. The van der Waals surface area contributed by atoms with Crippen molar-refractivity contribution in [2.45, 2.75) is 25.9 Å². The molecule has 0 bridgehead atoms. The van der Waals surface area contributed by atoms with Gasteiger partial charge in [0.05, 0.1) is 0 Å². The molecule has 1 aliphatic rings. The Morgan fingerprint density at radius 2 is 2.00 bits per heavy atom. The van der Waals surface area contributed by atoms with Crippen LogP contribution in [0.5, 0.6) is 5.75 Å². The molecule has 3 N–H and O–H groups in total. The highest BCUT2D eigenvalue weighted by molar-refractivity contribution is 5.97. The van der Waals surface area contributed by atoms with Crippen molar-refractivity contribution in [3.05, 3.63) is 29.8 Å². The summed E-state index contributed by atoms with van der Waals surface area (Å²) in [5.41, 5.74) is 6.10. The van der Waals surface area contributed by atoms with E-state index in [1.165, 1.54) is 0 Å². The molecule has 1 aromatic rings. The third kappa shape index (κ3) is 2.61. The SMILES string of the molecule is CC(=O)[C@H]1C[C@@H](Oc2ccc(/C(N)=N/O)cc2)C1. The molecule has 0 aromatic heterocycles. The molecule has 1 aromatic carbocycles. The lowest BCUT2D eigenvalue weighted by atomic mass is 9.80. The quantitative estimate of drug-likeness (QED) is 0.366. The van der Waals surface area contributed by atoms with Crippen molar-refractivity contribution in [1.29, 1.82) is 0 Å². The maximum atomic E-state index is 11.1. The fourth-order valence-corrected chi connectivity index (χ4v) is 1.95. The van der Waals surface area contributed by atoms with Gasteiger partial charge in [-0.3, -0.25) is 4.79 Å². The lowest BCUT2D eigenvalue weighted by molar-refractivity contribution is -0.126. The third-order valence-corrected chi connectivity index (χ3v) is 3.23. The molecule has 1 fully saturated rings. The summed E-state index contributed by atoms with van der Waals surface area (Å²) in [4.78, 5) is 11.1. The van der Waals surface area contributed by atoms with Crippen molar-refractivity contribution in [1.82, 2.24) is 0 Å². The number of carbonyl (C=O) groups is 1. The van der Waals surface area contributed by atoms with Gasteiger partial charge in [-0.25, -0.2) is 0 Å². The summed E-state index contributed by atoms with van der Waals surface area (Å²) < 4.78 is 5.70. The molecule has 2 rings (SSSR count). The van der Waals surface area contributed by atoms with E-state index in [0.29, 0.717) is 5.56 Å². The zero-order chi connectivity index (χ0) is 13.1. The zero-order valence-corrected chi connectivity index (χ0v) is 10.2. The summed E-state index contributed by atoms with van der Waals surface area (Å²) in [6.07, 6.45) is 1.70. The van der Waals surface area contributed by atoms with Crippen LogP contribution in [0.3, 0.4) is 0 Å². The molecular formula is C13H16N2O3. The molecule has 1 aliphatic carbocycles. The lowest BCUT2D eigenvalue weighted by Crippen LogP contribution is -2.37. The van der Waals surface area contributed by atoms with Gasteiger partial charge in [0, 0.05) is 11.5 Å². The minimum Gasteiger partial charge on any atom is -0.490 e. The van der Waals surface area contributed by atoms with E-state index in [-0.39, 0.29) is 23.6 Å². The Morgan fingerprint density at radius 3 is 2.50 bits per heavy atom. The summed E-state index contributed by atoms with van der Waals surface area (Å²) in [5.74, 6) is 1.20. The highest BCUT2D eigenvalue weighted by Crippen LogP contribution is 2.31. The maximum absolute atomic E-state index is 11.1. The Hall–Kier alpha value is -2.04. The Balaban J connectivity index is 1.90. The highest BCUT2D eigenvalue weighted by Gasteiger charge is 2.33. The van der Waals surface area contributed by atoms with Gasteiger partial charge in [-0.05, 0) is 44.0 Å². The van der Waals surface area contributed by atoms with Gasteiger partial charge in [0.1, 0.15) is 17.6 Å². The predicted molar refractivity (Wildman–Crippen MR) is 66.8 cm³/mol. The van der Waals surface area contributed by atoms with Crippen molar-refractivity contribution < 1.29 is 14.7 Å². The number of oxime groups is 1. The van der Waals surface area contributed by atoms with E-state index in [1.807, 2.05) is 0 Å². The first kappa shape index (κ1) is 12.4. The Kier molecular flexibility index (Phi) is 3.50. The number of carbonyl (C=O) groups excluding carboxylic acids is 1. The fourth-order valence-electron chi connectivity index (χ4n) is 1.95. The van der Waals surface area contributed by atoms with E-state index in [0.717, 1.165) is 18.6 Å². The molecule has 0 atom stereocenters. The van der Waals surface area contributed by atoms with Crippen molar-refractivity contribution in [2.75, 3.05) is 0 Å². The molecule has 18 heavy (non-hydrogen) atoms. The summed E-state index contributed by atoms with van der Waals surface area (Å²) >= 11 is 0. The van der Waals surface area contributed by atoms with Crippen molar-refractivity contribution >= 4 is 11.6 Å². The molecule has 5 nitrogen and oxygen atoms in total. The number of Topliss-reactive ketones (excluding diaryl/α,β-unsaturated/α-hetero) is 1. The molecule has 0 aliphatic heterocycles. The summed E-state index contributed by atoms with van der Waals surface area (Å²) in [6, 6.07) is 7.00. The number of nitrogens with two attached hydrogens (primary N) is 1. The molecule has 0 saturated heterocycles. The van der Waals surface area contributed by atoms with Crippen LogP contribution in [0.2, 0.25) is 0 Å². The van der Waals surface area contributed by atoms with Gasteiger partial charge in [0.2, 0.25) is 0 Å². The van der Waals surface area contributed by atoms with Crippen LogP contribution in [0, 0.1) is 5.92 Å². The third-order valence-electron chi connectivity index (χ3n) is 3.23. The highest BCUT2D eigenvalue weighted by atomic mass is 16.5. The van der Waals surface area contributed by atoms with E-state index in [1.54, 1.807) is 31.2 Å². The van der Waals surface area contributed by atoms with Crippen molar-refractivity contribution in [3.63, 3.8) is 0 Å². The van der Waals surface area contributed by atoms with Gasteiger partial charge < -0.3 is 15.7 Å². The fraction of sp³-hybridized carbons (Fsp3) is 0.385. The second-order valence-electron chi connectivity index (χ2n) is 4.53. The lowest BCUT2D eigenvalue weighted by Gasteiger charge is -2.33. The smallest absolute Gasteiger partial charge is 0.170 e. The number of amidine groups is 1. The van der Waals surface area contributed by atoms with Crippen LogP contribution in [0.4, 0.5) is 0 Å². The zero-order valence-electron chi connectivity index (χ0n) is 10.2. The normalized spacial score (nSPS) is 23.3. The van der Waals surface area contributed by atoms with Crippen LogP contribution >= 0.6 is 0 Å². The average molecular weight is 248 g/mol. The van der Waals surface area contributed by atoms with Gasteiger partial charge in [0.15, 0.2) is 5.84 Å². The Labute approximate surface area is 105 Å². The first-order valence-corrected chi connectivity index (χ1v) is 5.85. The van der Waals surface area contributed by atoms with Crippen LogP contribution < -0.4 is 10.5 Å². The number of hydrogen-bond acceptors (Lipinski definition) is 4. The summed E-state index contributed by atoms with van der Waals surface area (Å²) in [7, 11) is 0. The predicted octanol–water partition coefficient (Wildman–Crippen LogP) is 1.53. The summed E-state index contributed by atoms with van der Waals surface area (Å²) in [5, 5.41) is 11.5. The van der Waals surface area contributed by atoms with Gasteiger partial charge >= 0.3 is 0 Å². The number of benzene rings is 1. The second kappa shape index (κ2) is 5.08. The van der Waals surface area contributed by atoms with E-state index in [4.69, 9.17) is 15.7 Å². The number of hydrogen-bond donors (Lipinski definition) is 2. The van der Waals surface area contributed by atoms with Gasteiger partial charge in [-0.2, -0.15) is 0 Å². The van der Waals surface area contributed by atoms with Crippen molar-refractivity contribution in [2.24, 2.45) is 16.8 Å². The molecule has 0 unspecified atom stereocenters. The van der Waals surface area contributed by atoms with Crippen LogP contribution in [-0.2, 0) is 4.79 Å². The van der Waals surface area contributed by atoms with E-state index >= 15 is 0 Å². The molecule has 0 spiro atoms. The molecule has 0 amide bonds. The molecular weight excluding hydrogens is 232 g/mol. The van der Waals surface area contributed by atoms with Crippen LogP contribution in [-0.4, -0.2) is 22.9 Å². The molecule has 1 saturated carbocycles. The first-order chi connectivity index (χ1) is 8.60. The average Bonchev–Trinajstić information content (AvgIpc) is 2.32. The standard InChI is InChI=1S/C13H16N2O3/c1-8(16)10-6-12(7-10)18-11-4-2-9(3-5-11)13(14)15-17/h2-5,10,12,17H,6-7H2,1H3,(H2,14,15)/t10-,12+. The number of nitrogens with zero attached hydrogens (tertiary/aromatic N) is 1. The van der Waals surface area contributed by atoms with E-state index in [9.17, 15) is 4.79 Å². The number of ketones is 1. The summed E-state index contributed by atoms with van der Waals surface area (Å²) in [6.45, 7) is 1.62. The Bertz CT molecular complexity index is 462. The molecule has 0 radical (unpaired) electrons. The van der Waals surface area contributed by atoms with Gasteiger partial charge in [-0.1, -0.05) is 5.16 Å². The maximum Gasteiger partial charge on any atom is 0.170 e. The topological polar surface area (TPSA) is 84.9 Å². The van der Waals surface area contributed by atoms with Gasteiger partial charge in [0.25, 0.3) is 0 Å². The minimum atomic E-state index is 0.0711. The van der Waals surface area contributed by atoms with Crippen molar-refractivity contribution in [3.8, 4) is 5.75 Å². The van der Waals surface area contributed by atoms with E-state index in [2.05, 4.69) is 5.16 Å². The first-order valence-electron chi connectivity index (χ1n) is 5.85. The van der Waals surface area contributed by atoms with Gasteiger partial charge in [-0.15, -0.1) is 0 Å². The molecule has 96 valence electrons. The molecule has 5 heteroatoms. The van der Waals surface area contributed by atoms with Crippen LogP contribution in [0.1, 0.15) is 25.3 Å². The van der Waals surface area contributed by atoms with Crippen LogP contribution in [0.25, 0.3) is 0 Å². The second-order valence-corrected chi connectivity index (χ2v) is 4.53. The largest absolute Gasteiger partial charge is 0.490 e. The van der Waals surface area contributed by atoms with Crippen LogP contribution in [0.15, 0.2) is 29.4 Å². The Morgan fingerprint density at radius 1 is 1.39 bits per heavy atom. The number of ether oxygens (including phenoxy) is 1.